The molecule has 6 nitrogen and oxygen atoms in total. The summed E-state index contributed by atoms with van der Waals surface area (Å²) >= 11 is 3.43. The van der Waals surface area contributed by atoms with Crippen LogP contribution >= 0.6 is 15.9 Å². The Morgan fingerprint density at radius 1 is 1.25 bits per heavy atom. The normalized spacial score (nSPS) is 11.9. The summed E-state index contributed by atoms with van der Waals surface area (Å²) in [7, 11) is 1.69. The van der Waals surface area contributed by atoms with Crippen molar-refractivity contribution in [3.63, 3.8) is 0 Å². The van der Waals surface area contributed by atoms with Gasteiger partial charge in [0.05, 0.1) is 6.54 Å². The van der Waals surface area contributed by atoms with E-state index < -0.39 is 6.10 Å². The molecule has 0 N–H and O–H groups in total. The van der Waals surface area contributed by atoms with Crippen LogP contribution in [-0.2, 0) is 17.8 Å². The zero-order valence-corrected chi connectivity index (χ0v) is 17.6. The monoisotopic (exact) mass is 443 g/mol. The van der Waals surface area contributed by atoms with E-state index in [-0.39, 0.29) is 12.5 Å². The number of amides is 1. The average Bonchev–Trinajstić information content (AvgIpc) is 3.16. The van der Waals surface area contributed by atoms with Crippen LogP contribution in [0.2, 0.25) is 0 Å². The van der Waals surface area contributed by atoms with Crippen molar-refractivity contribution >= 4 is 21.8 Å². The number of rotatable bonds is 7. The molecule has 0 aliphatic carbocycles. The van der Waals surface area contributed by atoms with Gasteiger partial charge in [-0.2, -0.15) is 4.98 Å². The fourth-order valence-electron chi connectivity index (χ4n) is 2.81. The first kappa shape index (κ1) is 20.1. The highest BCUT2D eigenvalue weighted by Crippen LogP contribution is 2.22. The predicted octanol–water partition coefficient (Wildman–Crippen LogP) is 4.49. The maximum atomic E-state index is 12.7. The smallest absolute Gasteiger partial charge is 0.263 e. The van der Waals surface area contributed by atoms with Crippen LogP contribution < -0.4 is 4.74 Å². The molecule has 3 rings (SSSR count). The van der Waals surface area contributed by atoms with E-state index in [0.29, 0.717) is 11.7 Å². The molecule has 2 aromatic carbocycles. The van der Waals surface area contributed by atoms with Crippen LogP contribution in [-0.4, -0.2) is 34.1 Å². The maximum Gasteiger partial charge on any atom is 0.263 e. The van der Waals surface area contributed by atoms with Gasteiger partial charge in [0.1, 0.15) is 5.75 Å². The number of nitrogens with zero attached hydrogens (tertiary/aromatic N) is 3. The molecular formula is C21H22BrN3O3. The highest BCUT2D eigenvalue weighted by molar-refractivity contribution is 9.10. The van der Waals surface area contributed by atoms with Crippen molar-refractivity contribution in [2.24, 2.45) is 0 Å². The van der Waals surface area contributed by atoms with E-state index in [0.717, 1.165) is 27.8 Å². The number of hydrogen-bond acceptors (Lipinski definition) is 5. The van der Waals surface area contributed by atoms with Crippen LogP contribution in [0.3, 0.4) is 0 Å². The van der Waals surface area contributed by atoms with E-state index in [1.165, 1.54) is 4.90 Å². The molecule has 0 fully saturated rings. The van der Waals surface area contributed by atoms with Crippen LogP contribution in [0.4, 0.5) is 0 Å². The van der Waals surface area contributed by atoms with Gasteiger partial charge in [-0.15, -0.1) is 0 Å². The van der Waals surface area contributed by atoms with Gasteiger partial charge in [0.15, 0.2) is 6.10 Å². The number of carbonyl (C=O) groups is 1. The van der Waals surface area contributed by atoms with Gasteiger partial charge in [-0.3, -0.25) is 4.79 Å². The number of aromatic nitrogens is 2. The summed E-state index contributed by atoms with van der Waals surface area (Å²) in [4.78, 5) is 18.6. The summed E-state index contributed by atoms with van der Waals surface area (Å²) in [6, 6.07) is 15.4. The molecule has 1 heterocycles. The first-order chi connectivity index (χ1) is 13.5. The highest BCUT2D eigenvalue weighted by Gasteiger charge is 2.22. The number of likely N-dealkylation sites (N-methyl/N-ethyl adjacent to an activating group) is 1. The van der Waals surface area contributed by atoms with Crippen LogP contribution in [0.15, 0.2) is 57.5 Å². The van der Waals surface area contributed by atoms with Crippen molar-refractivity contribution < 1.29 is 14.1 Å². The van der Waals surface area contributed by atoms with Gasteiger partial charge in [-0.1, -0.05) is 58.3 Å². The predicted molar refractivity (Wildman–Crippen MR) is 110 cm³/mol. The number of carbonyl (C=O) groups excluding carboxylic acids is 1. The molecule has 1 amide bonds. The molecule has 1 aromatic heterocycles. The Morgan fingerprint density at radius 3 is 2.79 bits per heavy atom. The third kappa shape index (κ3) is 4.78. The molecule has 7 heteroatoms. The Morgan fingerprint density at radius 2 is 2.04 bits per heavy atom. The number of halogens is 1. The van der Waals surface area contributed by atoms with Crippen LogP contribution in [0.5, 0.6) is 5.75 Å². The minimum Gasteiger partial charge on any atom is -0.481 e. The van der Waals surface area contributed by atoms with Crippen molar-refractivity contribution in [3.05, 3.63) is 64.5 Å². The van der Waals surface area contributed by atoms with Crippen molar-refractivity contribution in [1.29, 1.82) is 0 Å². The number of aryl methyl sites for hydroxylation is 1. The number of ether oxygens (including phenoxy) is 1. The number of para-hydroxylation sites is 1. The summed E-state index contributed by atoms with van der Waals surface area (Å²) in [5, 5.41) is 4.00. The molecule has 28 heavy (non-hydrogen) atoms. The van der Waals surface area contributed by atoms with Crippen molar-refractivity contribution in [3.8, 4) is 17.1 Å². The largest absolute Gasteiger partial charge is 0.481 e. The van der Waals surface area contributed by atoms with Crippen molar-refractivity contribution in [1.82, 2.24) is 15.0 Å². The highest BCUT2D eigenvalue weighted by atomic mass is 79.9. The average molecular weight is 444 g/mol. The molecule has 146 valence electrons. The van der Waals surface area contributed by atoms with Gasteiger partial charge in [0.25, 0.3) is 5.91 Å². The molecule has 3 aromatic rings. The van der Waals surface area contributed by atoms with Crippen molar-refractivity contribution in [2.45, 2.75) is 32.9 Å². The molecule has 0 saturated carbocycles. The first-order valence-electron chi connectivity index (χ1n) is 9.06. The third-order valence-electron chi connectivity index (χ3n) is 4.30. The second-order valence-corrected chi connectivity index (χ2v) is 7.35. The Balaban J connectivity index is 1.64. The Hall–Kier alpha value is -2.67. The Labute approximate surface area is 172 Å². The van der Waals surface area contributed by atoms with Crippen LogP contribution in [0.25, 0.3) is 11.4 Å². The van der Waals surface area contributed by atoms with Gasteiger partial charge in [-0.05, 0) is 37.1 Å². The van der Waals surface area contributed by atoms with Crippen LogP contribution in [0, 0.1) is 0 Å². The van der Waals surface area contributed by atoms with E-state index in [2.05, 4.69) is 33.0 Å². The lowest BCUT2D eigenvalue weighted by atomic mass is 10.1. The molecule has 1 unspecified atom stereocenters. The Bertz CT molecular complexity index is 957. The zero-order valence-electron chi connectivity index (χ0n) is 16.1. The molecule has 0 bridgehead atoms. The van der Waals surface area contributed by atoms with Crippen molar-refractivity contribution in [2.75, 3.05) is 7.05 Å². The minimum atomic E-state index is -0.620. The molecule has 0 spiro atoms. The summed E-state index contributed by atoms with van der Waals surface area (Å²) in [5.41, 5.74) is 1.91. The molecular weight excluding hydrogens is 422 g/mol. The number of hydrogen-bond donors (Lipinski definition) is 0. The third-order valence-corrected chi connectivity index (χ3v) is 4.80. The summed E-state index contributed by atoms with van der Waals surface area (Å²) in [6.45, 7) is 4.01. The van der Waals surface area contributed by atoms with Gasteiger partial charge in [-0.25, -0.2) is 0 Å². The summed E-state index contributed by atoms with van der Waals surface area (Å²) in [6.07, 6.45) is 0.220. The second kappa shape index (κ2) is 9.01. The van der Waals surface area contributed by atoms with Gasteiger partial charge < -0.3 is 14.2 Å². The van der Waals surface area contributed by atoms with E-state index in [1.54, 1.807) is 14.0 Å². The SMILES string of the molecule is CCc1ccccc1OC(C)C(=O)N(C)Cc1nc(-c2cccc(Br)c2)no1. The lowest BCUT2D eigenvalue weighted by Crippen LogP contribution is -2.37. The minimum absolute atomic E-state index is 0.159. The van der Waals surface area contributed by atoms with Gasteiger partial charge >= 0.3 is 0 Å². The first-order valence-corrected chi connectivity index (χ1v) is 9.85. The van der Waals surface area contributed by atoms with E-state index in [1.807, 2.05) is 48.5 Å². The molecule has 0 aliphatic rings. The van der Waals surface area contributed by atoms with Gasteiger partial charge in [0, 0.05) is 17.1 Å². The van der Waals surface area contributed by atoms with E-state index in [9.17, 15) is 4.79 Å². The zero-order chi connectivity index (χ0) is 20.1. The molecule has 1 atom stereocenters. The second-order valence-electron chi connectivity index (χ2n) is 6.44. The fraction of sp³-hybridized carbons (Fsp3) is 0.286. The van der Waals surface area contributed by atoms with Crippen LogP contribution in [0.1, 0.15) is 25.3 Å². The van der Waals surface area contributed by atoms with Gasteiger partial charge in [0.2, 0.25) is 11.7 Å². The molecule has 0 radical (unpaired) electrons. The lowest BCUT2D eigenvalue weighted by molar-refractivity contribution is -0.137. The standard InChI is InChI=1S/C21H22BrN3O3/c1-4-15-8-5-6-11-18(15)27-14(2)21(26)25(3)13-19-23-20(24-28-19)16-9-7-10-17(22)12-16/h5-12,14H,4,13H2,1-3H3. The lowest BCUT2D eigenvalue weighted by Gasteiger charge is -2.21. The number of benzene rings is 2. The summed E-state index contributed by atoms with van der Waals surface area (Å²) in [5.74, 6) is 1.42. The van der Waals surface area contributed by atoms with E-state index in [4.69, 9.17) is 9.26 Å². The fourth-order valence-corrected chi connectivity index (χ4v) is 3.21. The molecule has 0 aliphatic heterocycles. The summed E-state index contributed by atoms with van der Waals surface area (Å²) < 4.78 is 12.1. The topological polar surface area (TPSA) is 68.5 Å². The molecule has 0 saturated heterocycles. The maximum absolute atomic E-state index is 12.7. The Kier molecular flexibility index (Phi) is 6.46. The van der Waals surface area contributed by atoms with E-state index >= 15 is 0 Å². The quantitative estimate of drug-likeness (QED) is 0.537.